The number of hydrogen-bond acceptors (Lipinski definition) is 5. The zero-order chi connectivity index (χ0) is 12.1. The van der Waals surface area contributed by atoms with E-state index >= 15 is 0 Å². The molecular formula is C8H17NO5S. The van der Waals surface area contributed by atoms with E-state index in [2.05, 4.69) is 18.3 Å². The van der Waals surface area contributed by atoms with E-state index < -0.39 is 10.4 Å². The molecule has 6 nitrogen and oxygen atoms in total. The Morgan fingerprint density at radius 2 is 1.87 bits per heavy atom. The summed E-state index contributed by atoms with van der Waals surface area (Å²) in [6, 6.07) is 0. The van der Waals surface area contributed by atoms with Gasteiger partial charge in [0.1, 0.15) is 6.54 Å². The summed E-state index contributed by atoms with van der Waals surface area (Å²) in [4.78, 5) is 10.9. The Kier molecular flexibility index (Phi) is 5.36. The molecule has 0 aliphatic carbocycles. The Hall–Kier alpha value is -0.500. The van der Waals surface area contributed by atoms with Gasteiger partial charge in [-0.3, -0.25) is 8.98 Å². The van der Waals surface area contributed by atoms with Gasteiger partial charge in [0.05, 0.1) is 27.7 Å². The minimum absolute atomic E-state index is 0.422. The Balaban J connectivity index is 0.000000288. The van der Waals surface area contributed by atoms with E-state index in [0.717, 1.165) is 37.5 Å². The van der Waals surface area contributed by atoms with Crippen LogP contribution >= 0.6 is 0 Å². The second-order valence-electron chi connectivity index (χ2n) is 4.03. The number of quaternary nitrogens is 1. The van der Waals surface area contributed by atoms with Gasteiger partial charge in [-0.05, 0) is 0 Å². The fourth-order valence-corrected chi connectivity index (χ4v) is 1.34. The molecule has 15 heavy (non-hydrogen) atoms. The van der Waals surface area contributed by atoms with Crippen molar-refractivity contribution in [2.45, 2.75) is 12.8 Å². The number of piperidine rings is 1. The average Bonchev–Trinajstić information content (AvgIpc) is 2.01. The first-order valence-corrected chi connectivity index (χ1v) is 5.85. The maximum absolute atomic E-state index is 10.9. The van der Waals surface area contributed by atoms with Crippen molar-refractivity contribution in [2.75, 3.05) is 34.3 Å². The van der Waals surface area contributed by atoms with Gasteiger partial charge in [0.25, 0.3) is 0 Å². The maximum atomic E-state index is 10.9. The number of nitrogens with zero attached hydrogens (tertiary/aromatic N) is 1. The molecule has 7 heteroatoms. The van der Waals surface area contributed by atoms with Crippen LogP contribution in [0.5, 0.6) is 0 Å². The second-order valence-corrected chi connectivity index (χ2v) is 5.18. The highest BCUT2D eigenvalue weighted by molar-refractivity contribution is 7.80. The van der Waals surface area contributed by atoms with Gasteiger partial charge in [0.15, 0.2) is 5.78 Å². The Bertz CT molecular complexity index is 309. The minimum atomic E-state index is -4.41. The topological polar surface area (TPSA) is 83.5 Å². The van der Waals surface area contributed by atoms with Gasteiger partial charge in [-0.25, -0.2) is 8.42 Å². The number of carbonyl (C=O) groups excluding carboxylic acids is 1. The standard InChI is InChI=1S/C7H14NO.CH4O4S/c1-8(2)5-3-4-7(9)6-8;1-5-6(2,3)4/h3-6H2,1-2H3;1H3,(H,2,3,4)/q+1;/p-1. The lowest BCUT2D eigenvalue weighted by molar-refractivity contribution is -0.885. The maximum Gasteiger partial charge on any atom is 0.217 e. The first-order valence-electron chi connectivity index (χ1n) is 4.51. The lowest BCUT2D eigenvalue weighted by Gasteiger charge is -2.32. The van der Waals surface area contributed by atoms with Crippen molar-refractivity contribution < 1.29 is 26.4 Å². The molecule has 0 radical (unpaired) electrons. The minimum Gasteiger partial charge on any atom is -0.726 e. The quantitative estimate of drug-likeness (QED) is 0.350. The number of carbonyl (C=O) groups is 1. The molecule has 1 aliphatic rings. The molecule has 0 aromatic heterocycles. The molecule has 0 aromatic carbocycles. The van der Waals surface area contributed by atoms with Gasteiger partial charge in [-0.2, -0.15) is 0 Å². The third-order valence-corrected chi connectivity index (χ3v) is 2.44. The largest absolute Gasteiger partial charge is 0.726 e. The lowest BCUT2D eigenvalue weighted by Crippen LogP contribution is -2.47. The molecule has 0 spiro atoms. The number of hydrogen-bond donors (Lipinski definition) is 0. The van der Waals surface area contributed by atoms with Crippen LogP contribution in [0, 0.1) is 0 Å². The first-order chi connectivity index (χ1) is 6.66. The van der Waals surface area contributed by atoms with Gasteiger partial charge < -0.3 is 9.04 Å². The SMILES string of the molecule is COS(=O)(=O)[O-].C[N+]1(C)CCCC(=O)C1. The summed E-state index contributed by atoms with van der Waals surface area (Å²) in [6.45, 7) is 1.89. The Morgan fingerprint density at radius 1 is 1.40 bits per heavy atom. The van der Waals surface area contributed by atoms with Crippen LogP contribution in [-0.2, 0) is 19.4 Å². The van der Waals surface area contributed by atoms with Crippen molar-refractivity contribution in [2.24, 2.45) is 0 Å². The van der Waals surface area contributed by atoms with E-state index in [-0.39, 0.29) is 0 Å². The smallest absolute Gasteiger partial charge is 0.217 e. The van der Waals surface area contributed by atoms with Crippen molar-refractivity contribution in [3.05, 3.63) is 0 Å². The summed E-state index contributed by atoms with van der Waals surface area (Å²) in [7, 11) is 0.612. The van der Waals surface area contributed by atoms with Crippen molar-refractivity contribution in [1.29, 1.82) is 0 Å². The van der Waals surface area contributed by atoms with Crippen LogP contribution in [0.3, 0.4) is 0 Å². The molecular weight excluding hydrogens is 222 g/mol. The van der Waals surface area contributed by atoms with Crippen LogP contribution in [0.15, 0.2) is 0 Å². The third kappa shape index (κ3) is 8.49. The number of rotatable bonds is 1. The van der Waals surface area contributed by atoms with E-state index in [1.165, 1.54) is 0 Å². The monoisotopic (exact) mass is 239 g/mol. The normalized spacial score (nSPS) is 20.4. The molecule has 0 N–H and O–H groups in total. The summed E-state index contributed by atoms with van der Waals surface area (Å²) >= 11 is 0. The van der Waals surface area contributed by atoms with Crippen LogP contribution in [0.2, 0.25) is 0 Å². The third-order valence-electron chi connectivity index (χ3n) is 2.03. The van der Waals surface area contributed by atoms with Crippen molar-refractivity contribution in [3.63, 3.8) is 0 Å². The van der Waals surface area contributed by atoms with Crippen LogP contribution in [0.1, 0.15) is 12.8 Å². The summed E-state index contributed by atoms with van der Waals surface area (Å²) in [5.74, 6) is 0.422. The molecule has 1 saturated heterocycles. The summed E-state index contributed by atoms with van der Waals surface area (Å²) < 4.78 is 31.9. The van der Waals surface area contributed by atoms with Crippen LogP contribution in [-0.4, -0.2) is 57.5 Å². The molecule has 0 aromatic rings. The molecule has 1 fully saturated rings. The highest BCUT2D eigenvalue weighted by Crippen LogP contribution is 2.09. The number of ketones is 1. The van der Waals surface area contributed by atoms with E-state index in [9.17, 15) is 17.8 Å². The molecule has 1 aliphatic heterocycles. The van der Waals surface area contributed by atoms with E-state index in [1.54, 1.807) is 0 Å². The Labute approximate surface area is 90.4 Å². The van der Waals surface area contributed by atoms with Crippen molar-refractivity contribution in [1.82, 2.24) is 0 Å². The van der Waals surface area contributed by atoms with Gasteiger partial charge in [0, 0.05) is 12.8 Å². The molecule has 0 amide bonds. The molecule has 1 rings (SSSR count). The predicted octanol–water partition coefficient (Wildman–Crippen LogP) is -0.481. The second kappa shape index (κ2) is 5.55. The van der Waals surface area contributed by atoms with E-state index in [0.29, 0.717) is 5.78 Å². The Morgan fingerprint density at radius 3 is 2.07 bits per heavy atom. The van der Waals surface area contributed by atoms with Gasteiger partial charge in [-0.1, -0.05) is 0 Å². The summed E-state index contributed by atoms with van der Waals surface area (Å²) in [6.07, 6.45) is 1.88. The molecule has 0 unspecified atom stereocenters. The van der Waals surface area contributed by atoms with Crippen molar-refractivity contribution >= 4 is 16.2 Å². The predicted molar refractivity (Wildman–Crippen MR) is 52.8 cm³/mol. The molecule has 0 bridgehead atoms. The lowest BCUT2D eigenvalue weighted by atomic mass is 10.1. The van der Waals surface area contributed by atoms with E-state index in [4.69, 9.17) is 0 Å². The molecule has 0 atom stereocenters. The van der Waals surface area contributed by atoms with E-state index in [1.807, 2.05) is 0 Å². The zero-order valence-corrected chi connectivity index (χ0v) is 10.0. The molecule has 1 heterocycles. The number of likely N-dealkylation sites (tertiary alicyclic amines) is 1. The van der Waals surface area contributed by atoms with Crippen LogP contribution < -0.4 is 0 Å². The van der Waals surface area contributed by atoms with Gasteiger partial charge in [-0.15, -0.1) is 0 Å². The van der Waals surface area contributed by atoms with Gasteiger partial charge >= 0.3 is 0 Å². The zero-order valence-electron chi connectivity index (χ0n) is 9.23. The summed E-state index contributed by atoms with van der Waals surface area (Å²) in [5, 5.41) is 0. The fourth-order valence-electron chi connectivity index (χ4n) is 1.34. The fraction of sp³-hybridized carbons (Fsp3) is 0.875. The highest BCUT2D eigenvalue weighted by atomic mass is 32.3. The summed E-state index contributed by atoms with van der Waals surface area (Å²) in [5.41, 5.74) is 0. The van der Waals surface area contributed by atoms with Crippen molar-refractivity contribution in [3.8, 4) is 0 Å². The van der Waals surface area contributed by atoms with Crippen LogP contribution in [0.4, 0.5) is 0 Å². The average molecular weight is 239 g/mol. The number of Topliss-reactive ketones (excluding diaryl/α,β-unsaturated/α-hetero) is 1. The molecule has 0 saturated carbocycles. The highest BCUT2D eigenvalue weighted by Gasteiger charge is 2.24. The van der Waals surface area contributed by atoms with Gasteiger partial charge in [0.2, 0.25) is 10.4 Å². The number of likely N-dealkylation sites (N-methyl/N-ethyl adjacent to an activating group) is 1. The first kappa shape index (κ1) is 14.5. The molecule has 90 valence electrons. The van der Waals surface area contributed by atoms with Crippen LogP contribution in [0.25, 0.3) is 0 Å².